The predicted molar refractivity (Wildman–Crippen MR) is 53.0 cm³/mol. The molecular weight excluding hydrogens is 184 g/mol. The number of hydrogen-bond acceptors (Lipinski definition) is 1. The first-order chi connectivity index (χ1) is 6.43. The van der Waals surface area contributed by atoms with E-state index in [0.29, 0.717) is 11.1 Å². The predicted octanol–water partition coefficient (Wildman–Crippen LogP) is 3.11. The summed E-state index contributed by atoms with van der Waals surface area (Å²) in [5, 5.41) is 0. The smallest absolute Gasteiger partial charge is 0.130 e. The van der Waals surface area contributed by atoms with Crippen molar-refractivity contribution in [2.45, 2.75) is 32.7 Å². The zero-order valence-corrected chi connectivity index (χ0v) is 8.64. The second-order valence-corrected chi connectivity index (χ2v) is 3.84. The Kier molecular flexibility index (Phi) is 3.21. The van der Waals surface area contributed by atoms with Crippen LogP contribution in [0.4, 0.5) is 8.78 Å². The van der Waals surface area contributed by atoms with Crippen molar-refractivity contribution in [3.63, 3.8) is 0 Å². The molecule has 1 rings (SSSR count). The zero-order chi connectivity index (χ0) is 10.9. The summed E-state index contributed by atoms with van der Waals surface area (Å²) in [5.74, 6) is -1.03. The molecule has 2 N–H and O–H groups in total. The summed E-state index contributed by atoms with van der Waals surface area (Å²) < 4.78 is 26.5. The zero-order valence-electron chi connectivity index (χ0n) is 8.64. The second-order valence-electron chi connectivity index (χ2n) is 3.84. The number of halogens is 2. The average molecular weight is 199 g/mol. The molecule has 0 radical (unpaired) electrons. The van der Waals surface area contributed by atoms with Crippen molar-refractivity contribution in [3.8, 4) is 0 Å². The van der Waals surface area contributed by atoms with Crippen LogP contribution in [0.25, 0.3) is 0 Å². The van der Waals surface area contributed by atoms with Crippen molar-refractivity contribution in [3.05, 3.63) is 34.9 Å². The third-order valence-corrected chi connectivity index (χ3v) is 2.23. The largest absolute Gasteiger partial charge is 0.324 e. The molecule has 1 aromatic carbocycles. The number of nitrogens with two attached hydrogens (primary N) is 1. The molecule has 0 spiro atoms. The van der Waals surface area contributed by atoms with Crippen molar-refractivity contribution in [1.29, 1.82) is 0 Å². The first-order valence-corrected chi connectivity index (χ1v) is 4.68. The standard InChI is InChI=1S/C11H15F2N/c1-6(2)8-4-9(7(3)14)11(13)5-10(8)12/h4-7H,14H2,1-3H3. The molecular formula is C11H15F2N. The lowest BCUT2D eigenvalue weighted by Crippen LogP contribution is -2.09. The van der Waals surface area contributed by atoms with Gasteiger partial charge in [0.1, 0.15) is 11.6 Å². The SMILES string of the molecule is CC(C)c1cc(C(C)N)c(F)cc1F. The topological polar surface area (TPSA) is 26.0 Å². The van der Waals surface area contributed by atoms with Gasteiger partial charge in [-0.05, 0) is 24.5 Å². The van der Waals surface area contributed by atoms with Crippen molar-refractivity contribution in [2.75, 3.05) is 0 Å². The monoisotopic (exact) mass is 199 g/mol. The van der Waals surface area contributed by atoms with Gasteiger partial charge in [-0.2, -0.15) is 0 Å². The van der Waals surface area contributed by atoms with E-state index in [1.165, 1.54) is 6.07 Å². The Bertz CT molecular complexity index is 303. The fourth-order valence-corrected chi connectivity index (χ4v) is 1.37. The Hall–Kier alpha value is -0.960. The van der Waals surface area contributed by atoms with Crippen LogP contribution in [0.3, 0.4) is 0 Å². The highest BCUT2D eigenvalue weighted by molar-refractivity contribution is 5.30. The van der Waals surface area contributed by atoms with Crippen LogP contribution < -0.4 is 5.73 Å². The first kappa shape index (κ1) is 11.1. The maximum atomic E-state index is 13.3. The highest BCUT2D eigenvalue weighted by atomic mass is 19.1. The number of rotatable bonds is 2. The van der Waals surface area contributed by atoms with Crippen LogP contribution in [-0.4, -0.2) is 0 Å². The first-order valence-electron chi connectivity index (χ1n) is 4.68. The van der Waals surface area contributed by atoms with Crippen LogP contribution in [0.15, 0.2) is 12.1 Å². The van der Waals surface area contributed by atoms with E-state index in [1.54, 1.807) is 6.92 Å². The van der Waals surface area contributed by atoms with E-state index in [1.807, 2.05) is 13.8 Å². The van der Waals surface area contributed by atoms with E-state index >= 15 is 0 Å². The summed E-state index contributed by atoms with van der Waals surface area (Å²) in [7, 11) is 0. The van der Waals surface area contributed by atoms with Crippen molar-refractivity contribution in [2.24, 2.45) is 5.73 Å². The van der Waals surface area contributed by atoms with Crippen LogP contribution in [0, 0.1) is 11.6 Å². The Morgan fingerprint density at radius 3 is 1.93 bits per heavy atom. The maximum absolute atomic E-state index is 13.3. The molecule has 1 unspecified atom stereocenters. The molecule has 0 saturated carbocycles. The lowest BCUT2D eigenvalue weighted by molar-refractivity contribution is 0.547. The van der Waals surface area contributed by atoms with E-state index in [2.05, 4.69) is 0 Å². The van der Waals surface area contributed by atoms with Crippen molar-refractivity contribution >= 4 is 0 Å². The van der Waals surface area contributed by atoms with E-state index in [9.17, 15) is 8.78 Å². The molecule has 0 aliphatic rings. The molecule has 3 heteroatoms. The average Bonchev–Trinajstić information content (AvgIpc) is 2.02. The molecule has 0 bridgehead atoms. The summed E-state index contributed by atoms with van der Waals surface area (Å²) in [6, 6.07) is 2.02. The molecule has 14 heavy (non-hydrogen) atoms. The van der Waals surface area contributed by atoms with Crippen LogP contribution in [0.2, 0.25) is 0 Å². The molecule has 0 fully saturated rings. The van der Waals surface area contributed by atoms with E-state index in [-0.39, 0.29) is 5.92 Å². The minimum absolute atomic E-state index is 0.0353. The highest BCUT2D eigenvalue weighted by Crippen LogP contribution is 2.24. The van der Waals surface area contributed by atoms with Gasteiger partial charge in [-0.1, -0.05) is 13.8 Å². The molecule has 78 valence electrons. The van der Waals surface area contributed by atoms with Gasteiger partial charge in [0.15, 0.2) is 0 Å². The molecule has 0 heterocycles. The molecule has 1 atom stereocenters. The minimum Gasteiger partial charge on any atom is -0.324 e. The molecule has 1 aromatic rings. The molecule has 0 aromatic heterocycles. The van der Waals surface area contributed by atoms with Gasteiger partial charge < -0.3 is 5.73 Å². The molecule has 0 aliphatic heterocycles. The van der Waals surface area contributed by atoms with Crippen molar-refractivity contribution < 1.29 is 8.78 Å². The molecule has 1 nitrogen and oxygen atoms in total. The van der Waals surface area contributed by atoms with Crippen LogP contribution >= 0.6 is 0 Å². The van der Waals surface area contributed by atoms with E-state index < -0.39 is 17.7 Å². The second kappa shape index (κ2) is 4.05. The third kappa shape index (κ3) is 2.10. The van der Waals surface area contributed by atoms with Gasteiger partial charge in [-0.3, -0.25) is 0 Å². The molecule has 0 amide bonds. The summed E-state index contributed by atoms with van der Waals surface area (Å²) in [6.07, 6.45) is 0. The fraction of sp³-hybridized carbons (Fsp3) is 0.455. The van der Waals surface area contributed by atoms with E-state index in [4.69, 9.17) is 5.73 Å². The minimum atomic E-state index is -0.568. The van der Waals surface area contributed by atoms with Gasteiger partial charge in [0, 0.05) is 17.7 Å². The van der Waals surface area contributed by atoms with Gasteiger partial charge >= 0.3 is 0 Å². The van der Waals surface area contributed by atoms with Gasteiger partial charge in [0.2, 0.25) is 0 Å². The number of benzene rings is 1. The highest BCUT2D eigenvalue weighted by Gasteiger charge is 2.14. The normalized spacial score (nSPS) is 13.4. The van der Waals surface area contributed by atoms with Gasteiger partial charge in [0.05, 0.1) is 0 Å². The fourth-order valence-electron chi connectivity index (χ4n) is 1.37. The van der Waals surface area contributed by atoms with Gasteiger partial charge in [-0.15, -0.1) is 0 Å². The Morgan fingerprint density at radius 1 is 1.00 bits per heavy atom. The summed E-state index contributed by atoms with van der Waals surface area (Å²) in [5.41, 5.74) is 6.45. The summed E-state index contributed by atoms with van der Waals surface area (Å²) >= 11 is 0. The molecule has 0 saturated heterocycles. The lowest BCUT2D eigenvalue weighted by atomic mass is 9.97. The Labute approximate surface area is 82.9 Å². The Morgan fingerprint density at radius 2 is 1.50 bits per heavy atom. The lowest BCUT2D eigenvalue weighted by Gasteiger charge is -2.13. The maximum Gasteiger partial charge on any atom is 0.130 e. The van der Waals surface area contributed by atoms with Crippen molar-refractivity contribution in [1.82, 2.24) is 0 Å². The van der Waals surface area contributed by atoms with Crippen LogP contribution in [0.5, 0.6) is 0 Å². The van der Waals surface area contributed by atoms with Crippen LogP contribution in [-0.2, 0) is 0 Å². The van der Waals surface area contributed by atoms with Gasteiger partial charge in [0.25, 0.3) is 0 Å². The quantitative estimate of drug-likeness (QED) is 0.778. The van der Waals surface area contributed by atoms with Crippen LogP contribution in [0.1, 0.15) is 43.9 Å². The third-order valence-electron chi connectivity index (χ3n) is 2.23. The number of hydrogen-bond donors (Lipinski definition) is 1. The Balaban J connectivity index is 3.27. The van der Waals surface area contributed by atoms with Gasteiger partial charge in [-0.25, -0.2) is 8.78 Å². The summed E-state index contributed by atoms with van der Waals surface area (Å²) in [4.78, 5) is 0. The molecule has 0 aliphatic carbocycles. The summed E-state index contributed by atoms with van der Waals surface area (Å²) in [6.45, 7) is 5.41. The van der Waals surface area contributed by atoms with E-state index in [0.717, 1.165) is 6.07 Å².